The van der Waals surface area contributed by atoms with E-state index < -0.39 is 0 Å². The van der Waals surface area contributed by atoms with E-state index >= 15 is 0 Å². The molecular formula is C17H13NO. The van der Waals surface area contributed by atoms with E-state index in [4.69, 9.17) is 0 Å². The van der Waals surface area contributed by atoms with Crippen LogP contribution in [-0.4, -0.2) is 10.1 Å². The summed E-state index contributed by atoms with van der Waals surface area (Å²) in [5, 5.41) is 10.2. The Morgan fingerprint density at radius 3 is 1.89 bits per heavy atom. The summed E-state index contributed by atoms with van der Waals surface area (Å²) in [6, 6.07) is 21.3. The molecule has 2 nitrogen and oxygen atoms in total. The van der Waals surface area contributed by atoms with Crippen molar-refractivity contribution in [2.24, 2.45) is 0 Å². The molecule has 0 bridgehead atoms. The highest BCUT2D eigenvalue weighted by Crippen LogP contribution is 2.36. The van der Waals surface area contributed by atoms with Gasteiger partial charge in [0.05, 0.1) is 5.69 Å². The predicted octanol–water partition coefficient (Wildman–Crippen LogP) is 4.12. The van der Waals surface area contributed by atoms with Crippen molar-refractivity contribution in [1.82, 2.24) is 4.98 Å². The largest absolute Gasteiger partial charge is 0.507 e. The van der Waals surface area contributed by atoms with Gasteiger partial charge in [0.1, 0.15) is 5.75 Å². The van der Waals surface area contributed by atoms with E-state index in [9.17, 15) is 5.11 Å². The van der Waals surface area contributed by atoms with Crippen LogP contribution in [0.3, 0.4) is 0 Å². The number of benzene rings is 2. The molecule has 3 rings (SSSR count). The summed E-state index contributed by atoms with van der Waals surface area (Å²) in [7, 11) is 0. The van der Waals surface area contributed by atoms with E-state index in [1.54, 1.807) is 12.3 Å². The van der Waals surface area contributed by atoms with Crippen LogP contribution < -0.4 is 0 Å². The van der Waals surface area contributed by atoms with Gasteiger partial charge in [-0.05, 0) is 11.6 Å². The van der Waals surface area contributed by atoms with E-state index in [1.165, 1.54) is 0 Å². The molecule has 0 unspecified atom stereocenters. The van der Waals surface area contributed by atoms with Gasteiger partial charge >= 0.3 is 0 Å². The fourth-order valence-electron chi connectivity index (χ4n) is 2.16. The summed E-state index contributed by atoms with van der Waals surface area (Å²) in [5.41, 5.74) is 3.53. The molecule has 1 aromatic heterocycles. The van der Waals surface area contributed by atoms with Crippen molar-refractivity contribution in [3.8, 4) is 28.1 Å². The van der Waals surface area contributed by atoms with Crippen molar-refractivity contribution < 1.29 is 5.11 Å². The van der Waals surface area contributed by atoms with Gasteiger partial charge in [0, 0.05) is 17.3 Å². The first-order valence-electron chi connectivity index (χ1n) is 6.15. The first-order valence-corrected chi connectivity index (χ1v) is 6.15. The van der Waals surface area contributed by atoms with Gasteiger partial charge in [-0.25, -0.2) is 0 Å². The summed E-state index contributed by atoms with van der Waals surface area (Å²) >= 11 is 0. The van der Waals surface area contributed by atoms with Crippen molar-refractivity contribution in [2.75, 3.05) is 0 Å². The zero-order valence-corrected chi connectivity index (χ0v) is 10.3. The molecule has 2 aromatic carbocycles. The molecule has 1 N–H and O–H groups in total. The van der Waals surface area contributed by atoms with Crippen LogP contribution in [0.1, 0.15) is 0 Å². The molecule has 2 heteroatoms. The van der Waals surface area contributed by atoms with Crippen LogP contribution in [0.25, 0.3) is 22.4 Å². The molecule has 0 saturated carbocycles. The van der Waals surface area contributed by atoms with Gasteiger partial charge < -0.3 is 5.11 Å². The summed E-state index contributed by atoms with van der Waals surface area (Å²) < 4.78 is 0. The Bertz CT molecular complexity index is 678. The van der Waals surface area contributed by atoms with Gasteiger partial charge in [-0.1, -0.05) is 60.7 Å². The summed E-state index contributed by atoms with van der Waals surface area (Å²) in [5.74, 6) is 0.250. The van der Waals surface area contributed by atoms with Gasteiger partial charge in [-0.3, -0.25) is 4.98 Å². The van der Waals surface area contributed by atoms with Gasteiger partial charge in [-0.15, -0.1) is 0 Å². The molecule has 19 heavy (non-hydrogen) atoms. The standard InChI is InChI=1S/C17H13NO/c19-15-11-12-18-17(14-9-5-2-6-10-14)16(15)13-7-3-1-4-8-13/h1-12H,(H,18,19). The smallest absolute Gasteiger partial charge is 0.127 e. The monoisotopic (exact) mass is 247 g/mol. The topological polar surface area (TPSA) is 33.1 Å². The lowest BCUT2D eigenvalue weighted by molar-refractivity contribution is 0.477. The van der Waals surface area contributed by atoms with Crippen molar-refractivity contribution >= 4 is 0 Å². The minimum absolute atomic E-state index is 0.250. The summed E-state index contributed by atoms with van der Waals surface area (Å²) in [4.78, 5) is 4.43. The third-order valence-corrected chi connectivity index (χ3v) is 3.04. The van der Waals surface area contributed by atoms with Crippen molar-refractivity contribution in [1.29, 1.82) is 0 Å². The van der Waals surface area contributed by atoms with Gasteiger partial charge in [-0.2, -0.15) is 0 Å². The van der Waals surface area contributed by atoms with Gasteiger partial charge in [0.15, 0.2) is 0 Å². The van der Waals surface area contributed by atoms with Crippen LogP contribution in [0.5, 0.6) is 5.75 Å². The van der Waals surface area contributed by atoms with Crippen LogP contribution in [0, 0.1) is 0 Å². The average molecular weight is 247 g/mol. The third kappa shape index (κ3) is 2.20. The molecule has 0 aliphatic carbocycles. The van der Waals surface area contributed by atoms with Crippen LogP contribution in [-0.2, 0) is 0 Å². The molecule has 0 aliphatic rings. The van der Waals surface area contributed by atoms with Crippen LogP contribution in [0.4, 0.5) is 0 Å². The quantitative estimate of drug-likeness (QED) is 0.738. The highest BCUT2D eigenvalue weighted by Gasteiger charge is 2.12. The maximum Gasteiger partial charge on any atom is 0.127 e. The van der Waals surface area contributed by atoms with Crippen LogP contribution in [0.2, 0.25) is 0 Å². The molecule has 3 aromatic rings. The van der Waals surface area contributed by atoms with Crippen molar-refractivity contribution in [2.45, 2.75) is 0 Å². The Morgan fingerprint density at radius 2 is 1.26 bits per heavy atom. The molecule has 0 aliphatic heterocycles. The molecule has 0 radical (unpaired) electrons. The molecule has 0 amide bonds. The van der Waals surface area contributed by atoms with E-state index in [0.717, 1.165) is 22.4 Å². The second kappa shape index (κ2) is 4.94. The Labute approximate surface area is 112 Å². The van der Waals surface area contributed by atoms with Crippen molar-refractivity contribution in [3.05, 3.63) is 72.9 Å². The number of pyridine rings is 1. The highest BCUT2D eigenvalue weighted by atomic mass is 16.3. The number of aromatic nitrogens is 1. The minimum atomic E-state index is 0.250. The molecule has 0 spiro atoms. The Morgan fingerprint density at radius 1 is 0.684 bits per heavy atom. The molecule has 92 valence electrons. The lowest BCUT2D eigenvalue weighted by Crippen LogP contribution is -1.89. The van der Waals surface area contributed by atoms with Crippen molar-refractivity contribution in [3.63, 3.8) is 0 Å². The predicted molar refractivity (Wildman–Crippen MR) is 76.8 cm³/mol. The number of rotatable bonds is 2. The summed E-state index contributed by atoms with van der Waals surface area (Å²) in [6.07, 6.45) is 1.63. The van der Waals surface area contributed by atoms with E-state index in [0.29, 0.717) is 0 Å². The third-order valence-electron chi connectivity index (χ3n) is 3.04. The second-order valence-corrected chi connectivity index (χ2v) is 4.29. The Hall–Kier alpha value is -2.61. The molecule has 0 fully saturated rings. The first-order chi connectivity index (χ1) is 9.36. The van der Waals surface area contributed by atoms with E-state index in [1.807, 2.05) is 60.7 Å². The van der Waals surface area contributed by atoms with E-state index in [2.05, 4.69) is 4.98 Å². The Balaban J connectivity index is 2.25. The number of hydrogen-bond donors (Lipinski definition) is 1. The first kappa shape index (κ1) is 11.5. The lowest BCUT2D eigenvalue weighted by Gasteiger charge is -2.10. The zero-order valence-electron chi connectivity index (χ0n) is 10.3. The van der Waals surface area contributed by atoms with E-state index in [-0.39, 0.29) is 5.75 Å². The Kier molecular flexibility index (Phi) is 2.99. The zero-order chi connectivity index (χ0) is 13.1. The second-order valence-electron chi connectivity index (χ2n) is 4.29. The molecule has 0 atom stereocenters. The molecular weight excluding hydrogens is 234 g/mol. The molecule has 1 heterocycles. The fraction of sp³-hybridized carbons (Fsp3) is 0. The van der Waals surface area contributed by atoms with Crippen LogP contribution in [0.15, 0.2) is 72.9 Å². The van der Waals surface area contributed by atoms with Gasteiger partial charge in [0.25, 0.3) is 0 Å². The van der Waals surface area contributed by atoms with Gasteiger partial charge in [0.2, 0.25) is 0 Å². The summed E-state index contributed by atoms with van der Waals surface area (Å²) in [6.45, 7) is 0. The molecule has 0 saturated heterocycles. The van der Waals surface area contributed by atoms with Crippen LogP contribution >= 0.6 is 0 Å². The number of nitrogens with zero attached hydrogens (tertiary/aromatic N) is 1. The highest BCUT2D eigenvalue weighted by molar-refractivity contribution is 5.84. The SMILES string of the molecule is Oc1ccnc(-c2ccccc2)c1-c1ccccc1. The normalized spacial score (nSPS) is 10.3. The lowest BCUT2D eigenvalue weighted by atomic mass is 9.98. The minimum Gasteiger partial charge on any atom is -0.507 e. The maximum absolute atomic E-state index is 10.2. The number of aromatic hydroxyl groups is 1. The number of hydrogen-bond acceptors (Lipinski definition) is 2. The maximum atomic E-state index is 10.2. The fourth-order valence-corrected chi connectivity index (χ4v) is 2.16. The average Bonchev–Trinajstić information content (AvgIpc) is 2.49.